The molecule has 2 unspecified atom stereocenters. The van der Waals surface area contributed by atoms with Crippen molar-refractivity contribution in [3.63, 3.8) is 0 Å². The van der Waals surface area contributed by atoms with Crippen LogP contribution >= 0.6 is 15.9 Å². The number of carbonyl (C=O) groups is 1. The van der Waals surface area contributed by atoms with Crippen LogP contribution in [0.5, 0.6) is 0 Å². The van der Waals surface area contributed by atoms with Crippen molar-refractivity contribution >= 4 is 21.7 Å². The molecule has 2 aromatic rings. The lowest BCUT2D eigenvalue weighted by Crippen LogP contribution is -2.19. The van der Waals surface area contributed by atoms with Gasteiger partial charge in [-0.25, -0.2) is 4.39 Å². The molecule has 4 rings (SSSR count). The Morgan fingerprint density at radius 2 is 1.96 bits per heavy atom. The maximum Gasteiger partial charge on any atom is 0.224 e. The van der Waals surface area contributed by atoms with Gasteiger partial charge in [-0.1, -0.05) is 34.1 Å². The predicted octanol–water partition coefficient (Wildman–Crippen LogP) is 5.05. The smallest absolute Gasteiger partial charge is 0.224 e. The van der Waals surface area contributed by atoms with E-state index in [0.29, 0.717) is 29.4 Å². The van der Waals surface area contributed by atoms with E-state index >= 15 is 0 Å². The SMILES string of the molecule is Cc1ccc(C(=O)C2C=C(Br)C(c3nnc(C4CC4)o3)CC2)cc1F. The fourth-order valence-electron chi connectivity index (χ4n) is 3.17. The van der Waals surface area contributed by atoms with Gasteiger partial charge in [-0.3, -0.25) is 4.79 Å². The van der Waals surface area contributed by atoms with Crippen molar-refractivity contribution in [1.29, 1.82) is 0 Å². The topological polar surface area (TPSA) is 56.0 Å². The van der Waals surface area contributed by atoms with E-state index in [1.165, 1.54) is 6.07 Å². The molecule has 0 saturated heterocycles. The highest BCUT2D eigenvalue weighted by Crippen LogP contribution is 2.43. The summed E-state index contributed by atoms with van der Waals surface area (Å²) in [5, 5.41) is 8.31. The number of hydrogen-bond acceptors (Lipinski definition) is 4. The molecular formula is C19H18BrFN2O2. The summed E-state index contributed by atoms with van der Waals surface area (Å²) in [5.41, 5.74) is 0.955. The van der Waals surface area contributed by atoms with Gasteiger partial charge in [0, 0.05) is 21.9 Å². The fraction of sp³-hybridized carbons (Fsp3) is 0.421. The van der Waals surface area contributed by atoms with E-state index in [1.54, 1.807) is 19.1 Å². The molecule has 0 aliphatic heterocycles. The molecule has 25 heavy (non-hydrogen) atoms. The molecule has 0 spiro atoms. The van der Waals surface area contributed by atoms with Gasteiger partial charge in [0.25, 0.3) is 0 Å². The second-order valence-electron chi connectivity index (χ2n) is 6.87. The van der Waals surface area contributed by atoms with Gasteiger partial charge in [0.1, 0.15) is 5.82 Å². The molecule has 0 bridgehead atoms. The van der Waals surface area contributed by atoms with Crippen LogP contribution in [0.1, 0.15) is 65.2 Å². The average Bonchev–Trinajstić information content (AvgIpc) is 3.34. The lowest BCUT2D eigenvalue weighted by atomic mass is 9.84. The van der Waals surface area contributed by atoms with Crippen molar-refractivity contribution in [1.82, 2.24) is 10.2 Å². The number of allylic oxidation sites excluding steroid dienone is 2. The summed E-state index contributed by atoms with van der Waals surface area (Å²) in [6.45, 7) is 1.69. The Hall–Kier alpha value is -1.82. The normalized spacial score (nSPS) is 23.4. The molecule has 2 atom stereocenters. The van der Waals surface area contributed by atoms with Gasteiger partial charge in [-0.05, 0) is 44.2 Å². The molecule has 1 heterocycles. The molecule has 1 fully saturated rings. The summed E-state index contributed by atoms with van der Waals surface area (Å²) in [6, 6.07) is 4.66. The number of ketones is 1. The molecule has 130 valence electrons. The summed E-state index contributed by atoms with van der Waals surface area (Å²) in [6.07, 6.45) is 5.55. The molecule has 2 aliphatic rings. The minimum absolute atomic E-state index is 0.00111. The van der Waals surface area contributed by atoms with Crippen molar-refractivity contribution in [2.24, 2.45) is 5.92 Å². The molecule has 1 aromatic heterocycles. The van der Waals surface area contributed by atoms with Crippen LogP contribution in [0.25, 0.3) is 0 Å². The second-order valence-corrected chi connectivity index (χ2v) is 7.78. The number of hydrogen-bond donors (Lipinski definition) is 0. The highest BCUT2D eigenvalue weighted by molar-refractivity contribution is 9.11. The maximum atomic E-state index is 13.7. The van der Waals surface area contributed by atoms with Crippen LogP contribution in [0.3, 0.4) is 0 Å². The van der Waals surface area contributed by atoms with Gasteiger partial charge in [-0.15, -0.1) is 10.2 Å². The standard InChI is InChI=1S/C19H18BrFN2O2/c1-10-2-3-13(9-16(10)21)17(24)12-6-7-14(15(20)8-12)19-23-22-18(25-19)11-4-5-11/h2-3,8-9,11-12,14H,4-7H2,1H3. The molecule has 1 aromatic carbocycles. The van der Waals surface area contributed by atoms with E-state index < -0.39 is 0 Å². The number of carbonyl (C=O) groups excluding carboxylic acids is 1. The lowest BCUT2D eigenvalue weighted by Gasteiger charge is -2.23. The molecule has 0 N–H and O–H groups in total. The lowest BCUT2D eigenvalue weighted by molar-refractivity contribution is 0.0934. The molecule has 6 heteroatoms. The number of nitrogens with zero attached hydrogens (tertiary/aromatic N) is 2. The summed E-state index contributed by atoms with van der Waals surface area (Å²) < 4.78 is 20.4. The monoisotopic (exact) mass is 404 g/mol. The van der Waals surface area contributed by atoms with Crippen molar-refractivity contribution in [2.75, 3.05) is 0 Å². The largest absolute Gasteiger partial charge is 0.424 e. The van der Waals surface area contributed by atoms with Gasteiger partial charge < -0.3 is 4.42 Å². The summed E-state index contributed by atoms with van der Waals surface area (Å²) in [7, 11) is 0. The number of Topliss-reactive ketones (excluding diaryl/α,β-unsaturated/α-hetero) is 1. The van der Waals surface area contributed by atoms with Crippen LogP contribution < -0.4 is 0 Å². The fourth-order valence-corrected chi connectivity index (χ4v) is 3.91. The van der Waals surface area contributed by atoms with Crippen LogP contribution in [0.15, 0.2) is 33.2 Å². The van der Waals surface area contributed by atoms with Crippen molar-refractivity contribution in [3.05, 3.63) is 57.5 Å². The molecule has 2 aliphatic carbocycles. The van der Waals surface area contributed by atoms with Crippen molar-refractivity contribution in [2.45, 2.75) is 44.4 Å². The zero-order valence-electron chi connectivity index (χ0n) is 13.8. The zero-order chi connectivity index (χ0) is 17.6. The average molecular weight is 405 g/mol. The van der Waals surface area contributed by atoms with E-state index in [9.17, 15) is 9.18 Å². The number of halogens is 2. The van der Waals surface area contributed by atoms with Crippen LogP contribution in [0.4, 0.5) is 4.39 Å². The van der Waals surface area contributed by atoms with Crippen LogP contribution in [-0.2, 0) is 0 Å². The van der Waals surface area contributed by atoms with E-state index in [-0.39, 0.29) is 23.4 Å². The van der Waals surface area contributed by atoms with Crippen molar-refractivity contribution in [3.8, 4) is 0 Å². The number of aryl methyl sites for hydroxylation is 1. The predicted molar refractivity (Wildman–Crippen MR) is 94.2 cm³/mol. The first-order valence-corrected chi connectivity index (χ1v) is 9.33. The highest BCUT2D eigenvalue weighted by Gasteiger charge is 2.34. The minimum atomic E-state index is -0.346. The number of rotatable bonds is 4. The van der Waals surface area contributed by atoms with Crippen LogP contribution in [0.2, 0.25) is 0 Å². The zero-order valence-corrected chi connectivity index (χ0v) is 15.4. The van der Waals surface area contributed by atoms with Crippen molar-refractivity contribution < 1.29 is 13.6 Å². The minimum Gasteiger partial charge on any atom is -0.424 e. The van der Waals surface area contributed by atoms with E-state index in [2.05, 4.69) is 26.1 Å². The van der Waals surface area contributed by atoms with Gasteiger partial charge >= 0.3 is 0 Å². The number of benzene rings is 1. The van der Waals surface area contributed by atoms with E-state index in [1.807, 2.05) is 6.08 Å². The van der Waals surface area contributed by atoms with Gasteiger partial charge in [0.2, 0.25) is 11.8 Å². The molecule has 1 saturated carbocycles. The number of aromatic nitrogens is 2. The van der Waals surface area contributed by atoms with Gasteiger partial charge in [0.05, 0.1) is 5.92 Å². The second kappa shape index (κ2) is 6.48. The summed E-state index contributed by atoms with van der Waals surface area (Å²) >= 11 is 3.57. The third kappa shape index (κ3) is 3.32. The van der Waals surface area contributed by atoms with Crippen LogP contribution in [-0.4, -0.2) is 16.0 Å². The first-order valence-electron chi connectivity index (χ1n) is 8.54. The van der Waals surface area contributed by atoms with Gasteiger partial charge in [0.15, 0.2) is 5.78 Å². The molecule has 0 amide bonds. The summed E-state index contributed by atoms with van der Waals surface area (Å²) in [5.74, 6) is 1.09. The summed E-state index contributed by atoms with van der Waals surface area (Å²) in [4.78, 5) is 12.7. The Balaban J connectivity index is 1.52. The third-order valence-electron chi connectivity index (χ3n) is 4.93. The Bertz CT molecular complexity index is 857. The molecular weight excluding hydrogens is 387 g/mol. The first-order chi connectivity index (χ1) is 12.0. The Kier molecular flexibility index (Phi) is 4.31. The Labute approximate surface area is 153 Å². The molecule has 4 nitrogen and oxygen atoms in total. The highest BCUT2D eigenvalue weighted by atomic mass is 79.9. The Morgan fingerprint density at radius 3 is 2.64 bits per heavy atom. The van der Waals surface area contributed by atoms with Crippen LogP contribution in [0, 0.1) is 18.7 Å². The van der Waals surface area contributed by atoms with E-state index in [4.69, 9.17) is 4.42 Å². The quantitative estimate of drug-likeness (QED) is 0.668. The van der Waals surface area contributed by atoms with E-state index in [0.717, 1.165) is 29.6 Å². The Morgan fingerprint density at radius 1 is 1.20 bits per heavy atom. The first kappa shape index (κ1) is 16.6. The van der Waals surface area contributed by atoms with Gasteiger partial charge in [-0.2, -0.15) is 0 Å². The maximum absolute atomic E-state index is 13.7. The molecule has 0 radical (unpaired) electrons. The third-order valence-corrected chi connectivity index (χ3v) is 5.75.